The molecule has 4 aromatic rings. The molecule has 0 unspecified atom stereocenters. The van der Waals surface area contributed by atoms with Gasteiger partial charge >= 0.3 is 0 Å². The third-order valence-electron chi connectivity index (χ3n) is 6.07. The van der Waals surface area contributed by atoms with E-state index in [0.29, 0.717) is 12.5 Å². The number of rotatable bonds is 8. The largest absolute Gasteiger partial charge is 0.497 e. The summed E-state index contributed by atoms with van der Waals surface area (Å²) in [6.45, 7) is 3.44. The van der Waals surface area contributed by atoms with Gasteiger partial charge in [0.05, 0.1) is 7.11 Å². The molecule has 36 heavy (non-hydrogen) atoms. The predicted molar refractivity (Wildman–Crippen MR) is 137 cm³/mol. The Hall–Kier alpha value is -4.46. The van der Waals surface area contributed by atoms with Crippen molar-refractivity contribution in [2.45, 2.75) is 26.5 Å². The van der Waals surface area contributed by atoms with Gasteiger partial charge in [-0.15, -0.1) is 0 Å². The molecule has 8 heteroatoms. The average Bonchev–Trinajstić information content (AvgIpc) is 3.34. The monoisotopic (exact) mass is 481 g/mol. The van der Waals surface area contributed by atoms with Crippen molar-refractivity contribution in [3.63, 3.8) is 0 Å². The molecule has 0 fully saturated rings. The van der Waals surface area contributed by atoms with Crippen LogP contribution in [0, 0.1) is 6.92 Å². The number of pyridine rings is 1. The van der Waals surface area contributed by atoms with Crippen LogP contribution in [0.4, 0.5) is 11.6 Å². The van der Waals surface area contributed by atoms with Crippen LogP contribution in [0.3, 0.4) is 0 Å². The van der Waals surface area contributed by atoms with Crippen molar-refractivity contribution in [2.24, 2.45) is 0 Å². The van der Waals surface area contributed by atoms with E-state index in [1.165, 1.54) is 17.3 Å². The summed E-state index contributed by atoms with van der Waals surface area (Å²) < 4.78 is 11.3. The molecular formula is C28H27N5O3. The summed E-state index contributed by atoms with van der Waals surface area (Å²) in [5, 5.41) is 2.91. The number of aromatic nitrogens is 3. The zero-order valence-electron chi connectivity index (χ0n) is 20.3. The van der Waals surface area contributed by atoms with Crippen LogP contribution < -0.4 is 19.7 Å². The lowest BCUT2D eigenvalue weighted by atomic mass is 10.1. The van der Waals surface area contributed by atoms with Gasteiger partial charge < -0.3 is 19.7 Å². The van der Waals surface area contributed by atoms with E-state index in [0.717, 1.165) is 35.5 Å². The lowest BCUT2D eigenvalue weighted by Crippen LogP contribution is -2.25. The first-order chi connectivity index (χ1) is 17.6. The van der Waals surface area contributed by atoms with Crippen LogP contribution in [0.5, 0.6) is 11.6 Å². The van der Waals surface area contributed by atoms with E-state index in [2.05, 4.69) is 45.3 Å². The highest BCUT2D eigenvalue weighted by molar-refractivity contribution is 5.96. The Kier molecular flexibility index (Phi) is 6.75. The Labute approximate surface area is 210 Å². The van der Waals surface area contributed by atoms with E-state index in [1.807, 2.05) is 36.4 Å². The molecule has 0 spiro atoms. The first kappa shape index (κ1) is 23.3. The smallest absolute Gasteiger partial charge is 0.258 e. The number of aryl methyl sites for hydroxylation is 1. The molecule has 1 aliphatic heterocycles. The Morgan fingerprint density at radius 1 is 1.08 bits per heavy atom. The number of fused-ring (bicyclic) bond motifs is 1. The quantitative estimate of drug-likeness (QED) is 0.399. The number of anilines is 2. The topological polar surface area (TPSA) is 89.5 Å². The maximum atomic E-state index is 13.1. The first-order valence-corrected chi connectivity index (χ1v) is 11.8. The molecule has 2 aromatic carbocycles. The van der Waals surface area contributed by atoms with Crippen molar-refractivity contribution in [3.8, 4) is 11.6 Å². The van der Waals surface area contributed by atoms with Gasteiger partial charge in [0.2, 0.25) is 11.8 Å². The number of carbonyl (C=O) groups excluding carboxylic acids is 1. The van der Waals surface area contributed by atoms with Crippen LogP contribution >= 0.6 is 0 Å². The van der Waals surface area contributed by atoms with Crippen LogP contribution in [0.15, 0.2) is 73.2 Å². The molecule has 2 aromatic heterocycles. The molecular weight excluding hydrogens is 454 g/mol. The van der Waals surface area contributed by atoms with E-state index >= 15 is 0 Å². The van der Waals surface area contributed by atoms with Crippen molar-refractivity contribution in [1.29, 1.82) is 0 Å². The fraction of sp³-hybridized carbons (Fsp3) is 0.214. The maximum absolute atomic E-state index is 13.1. The zero-order chi connectivity index (χ0) is 24.9. The van der Waals surface area contributed by atoms with Crippen molar-refractivity contribution in [1.82, 2.24) is 20.3 Å². The Morgan fingerprint density at radius 3 is 2.72 bits per heavy atom. The number of nitrogens with one attached hydrogen (secondary N) is 1. The highest BCUT2D eigenvalue weighted by Crippen LogP contribution is 2.34. The van der Waals surface area contributed by atoms with Crippen LogP contribution in [-0.4, -0.2) is 34.5 Å². The van der Waals surface area contributed by atoms with Gasteiger partial charge in [-0.25, -0.2) is 4.98 Å². The molecule has 0 saturated carbocycles. The highest BCUT2D eigenvalue weighted by Gasteiger charge is 2.25. The summed E-state index contributed by atoms with van der Waals surface area (Å²) in [6.07, 6.45) is 5.86. The molecule has 0 saturated heterocycles. The van der Waals surface area contributed by atoms with E-state index in [-0.39, 0.29) is 24.0 Å². The molecule has 3 heterocycles. The van der Waals surface area contributed by atoms with Crippen LogP contribution in [-0.2, 0) is 19.6 Å². The van der Waals surface area contributed by atoms with Gasteiger partial charge in [0.1, 0.15) is 17.9 Å². The number of benzene rings is 2. The molecule has 1 amide bonds. The number of ether oxygens (including phenoxy) is 2. The van der Waals surface area contributed by atoms with Gasteiger partial charge in [-0.2, -0.15) is 4.98 Å². The Bertz CT molecular complexity index is 1360. The van der Waals surface area contributed by atoms with Crippen LogP contribution in [0.25, 0.3) is 0 Å². The fourth-order valence-corrected chi connectivity index (χ4v) is 4.15. The van der Waals surface area contributed by atoms with Gasteiger partial charge in [0.25, 0.3) is 5.91 Å². The second kappa shape index (κ2) is 10.4. The zero-order valence-corrected chi connectivity index (χ0v) is 20.3. The normalized spacial score (nSPS) is 12.2. The van der Waals surface area contributed by atoms with Crippen molar-refractivity contribution in [2.75, 3.05) is 18.6 Å². The molecule has 5 rings (SSSR count). The molecule has 0 radical (unpaired) electrons. The SMILES string of the molecule is COc1ccc(COc2nc(N3CCc4cc(C)ccc43)ncc2C(=O)NCc2cccnc2)cc1. The predicted octanol–water partition coefficient (Wildman–Crippen LogP) is 4.39. The Morgan fingerprint density at radius 2 is 1.94 bits per heavy atom. The van der Waals surface area contributed by atoms with Gasteiger partial charge in [-0.3, -0.25) is 9.78 Å². The highest BCUT2D eigenvalue weighted by atomic mass is 16.5. The van der Waals surface area contributed by atoms with Gasteiger partial charge in [0, 0.05) is 37.4 Å². The number of hydrogen-bond donors (Lipinski definition) is 1. The summed E-state index contributed by atoms with van der Waals surface area (Å²) in [4.78, 5) is 28.5. The minimum atomic E-state index is -0.312. The third-order valence-corrected chi connectivity index (χ3v) is 6.07. The van der Waals surface area contributed by atoms with Crippen molar-refractivity contribution in [3.05, 3.63) is 101 Å². The van der Waals surface area contributed by atoms with Crippen LogP contribution in [0.2, 0.25) is 0 Å². The lowest BCUT2D eigenvalue weighted by Gasteiger charge is -2.19. The second-order valence-corrected chi connectivity index (χ2v) is 8.60. The number of methoxy groups -OCH3 is 1. The van der Waals surface area contributed by atoms with Gasteiger partial charge in [-0.05, 0) is 54.3 Å². The lowest BCUT2D eigenvalue weighted by molar-refractivity contribution is 0.0945. The average molecular weight is 482 g/mol. The summed E-state index contributed by atoms with van der Waals surface area (Å²) in [7, 11) is 1.63. The van der Waals surface area contributed by atoms with E-state index < -0.39 is 0 Å². The second-order valence-electron chi connectivity index (χ2n) is 8.60. The molecule has 1 N–H and O–H groups in total. The minimum absolute atomic E-state index is 0.236. The fourth-order valence-electron chi connectivity index (χ4n) is 4.15. The van der Waals surface area contributed by atoms with Crippen molar-refractivity contribution >= 4 is 17.5 Å². The van der Waals surface area contributed by atoms with Crippen LogP contribution in [0.1, 0.15) is 32.6 Å². The van der Waals surface area contributed by atoms with E-state index in [9.17, 15) is 4.79 Å². The molecule has 0 atom stereocenters. The summed E-state index contributed by atoms with van der Waals surface area (Å²) in [5.41, 5.74) is 5.67. The Balaban J connectivity index is 1.41. The molecule has 1 aliphatic rings. The van der Waals surface area contributed by atoms with Gasteiger partial charge in [-0.1, -0.05) is 35.9 Å². The molecule has 182 valence electrons. The summed E-state index contributed by atoms with van der Waals surface area (Å²) in [5.74, 6) is 1.19. The number of nitrogens with zero attached hydrogens (tertiary/aromatic N) is 4. The van der Waals surface area contributed by atoms with Crippen molar-refractivity contribution < 1.29 is 14.3 Å². The minimum Gasteiger partial charge on any atom is -0.497 e. The number of carbonyl (C=O) groups is 1. The van der Waals surface area contributed by atoms with Gasteiger partial charge in [0.15, 0.2) is 0 Å². The number of amides is 1. The third kappa shape index (κ3) is 5.12. The molecule has 8 nitrogen and oxygen atoms in total. The summed E-state index contributed by atoms with van der Waals surface area (Å²) >= 11 is 0. The molecule has 0 bridgehead atoms. The molecule has 0 aliphatic carbocycles. The van der Waals surface area contributed by atoms with E-state index in [1.54, 1.807) is 19.5 Å². The maximum Gasteiger partial charge on any atom is 0.258 e. The van der Waals surface area contributed by atoms with E-state index in [4.69, 9.17) is 14.5 Å². The first-order valence-electron chi connectivity index (χ1n) is 11.8. The standard InChI is InChI=1S/C28H27N5O3/c1-19-5-10-25-22(14-19)11-13-33(25)28-31-17-24(26(34)30-16-21-4-3-12-29-15-21)27(32-28)36-18-20-6-8-23(35-2)9-7-20/h3-10,12,14-15,17H,11,13,16,18H2,1-2H3,(H,30,34). The summed E-state index contributed by atoms with van der Waals surface area (Å²) in [6, 6.07) is 17.7. The number of hydrogen-bond acceptors (Lipinski definition) is 7.